The van der Waals surface area contributed by atoms with E-state index in [1.165, 1.54) is 0 Å². The number of likely N-dealkylation sites (N-methyl/N-ethyl adjacent to an activating group) is 1. The summed E-state index contributed by atoms with van der Waals surface area (Å²) in [6, 6.07) is 0.305. The van der Waals surface area contributed by atoms with Gasteiger partial charge in [0, 0.05) is 25.6 Å². The van der Waals surface area contributed by atoms with Crippen LogP contribution in [0.1, 0.15) is 13.3 Å². The SMILES string of the molecule is CC(CNC(=O)C1CNC(=O)C1)N(C)C. The summed E-state index contributed by atoms with van der Waals surface area (Å²) in [6.45, 7) is 3.13. The number of hydrogen-bond donors (Lipinski definition) is 2. The van der Waals surface area contributed by atoms with Crippen molar-refractivity contribution in [2.24, 2.45) is 5.92 Å². The van der Waals surface area contributed by atoms with Crippen LogP contribution in [0.4, 0.5) is 0 Å². The summed E-state index contributed by atoms with van der Waals surface area (Å²) in [5, 5.41) is 5.50. The van der Waals surface area contributed by atoms with Crippen LogP contribution in [0, 0.1) is 5.92 Å². The number of rotatable bonds is 4. The number of amides is 2. The molecule has 5 heteroatoms. The third kappa shape index (κ3) is 3.51. The first-order valence-corrected chi connectivity index (χ1v) is 5.21. The van der Waals surface area contributed by atoms with Crippen molar-refractivity contribution in [2.75, 3.05) is 27.2 Å². The Morgan fingerprint density at radius 1 is 1.67 bits per heavy atom. The van der Waals surface area contributed by atoms with Crippen molar-refractivity contribution in [3.05, 3.63) is 0 Å². The van der Waals surface area contributed by atoms with Crippen LogP contribution in [0.3, 0.4) is 0 Å². The first-order valence-electron chi connectivity index (χ1n) is 5.21. The van der Waals surface area contributed by atoms with E-state index >= 15 is 0 Å². The fourth-order valence-corrected chi connectivity index (χ4v) is 1.37. The maximum absolute atomic E-state index is 11.6. The molecule has 15 heavy (non-hydrogen) atoms. The number of carbonyl (C=O) groups is 2. The average Bonchev–Trinajstić information content (AvgIpc) is 2.60. The largest absolute Gasteiger partial charge is 0.355 e. The molecule has 0 saturated carbocycles. The summed E-state index contributed by atoms with van der Waals surface area (Å²) in [4.78, 5) is 24.5. The summed E-state index contributed by atoms with van der Waals surface area (Å²) in [6.07, 6.45) is 0.322. The average molecular weight is 213 g/mol. The van der Waals surface area contributed by atoms with Gasteiger partial charge in [-0.05, 0) is 21.0 Å². The molecule has 5 nitrogen and oxygen atoms in total. The van der Waals surface area contributed by atoms with Crippen LogP contribution < -0.4 is 10.6 Å². The van der Waals surface area contributed by atoms with E-state index in [1.54, 1.807) is 0 Å². The van der Waals surface area contributed by atoms with Crippen LogP contribution >= 0.6 is 0 Å². The Labute approximate surface area is 90.2 Å². The molecule has 0 aliphatic carbocycles. The molecule has 2 amide bonds. The Balaban J connectivity index is 2.27. The zero-order valence-corrected chi connectivity index (χ0v) is 9.54. The smallest absolute Gasteiger partial charge is 0.225 e. The molecule has 2 unspecified atom stereocenters. The monoisotopic (exact) mass is 213 g/mol. The fraction of sp³-hybridized carbons (Fsp3) is 0.800. The quantitative estimate of drug-likeness (QED) is 0.642. The van der Waals surface area contributed by atoms with Crippen LogP contribution in [0.15, 0.2) is 0 Å². The molecule has 0 bridgehead atoms. The summed E-state index contributed by atoms with van der Waals surface area (Å²) in [7, 11) is 3.94. The third-order valence-corrected chi connectivity index (χ3v) is 2.80. The molecule has 0 aromatic carbocycles. The van der Waals surface area contributed by atoms with Gasteiger partial charge in [-0.15, -0.1) is 0 Å². The van der Waals surface area contributed by atoms with E-state index in [2.05, 4.69) is 10.6 Å². The van der Waals surface area contributed by atoms with Crippen molar-refractivity contribution in [3.8, 4) is 0 Å². The second-order valence-corrected chi connectivity index (χ2v) is 4.26. The summed E-state index contributed by atoms with van der Waals surface area (Å²) in [5.74, 6) is -0.246. The number of nitrogens with zero attached hydrogens (tertiary/aromatic N) is 1. The van der Waals surface area contributed by atoms with Crippen LogP contribution in [-0.2, 0) is 9.59 Å². The Morgan fingerprint density at radius 2 is 2.33 bits per heavy atom. The zero-order valence-electron chi connectivity index (χ0n) is 9.54. The van der Waals surface area contributed by atoms with Crippen molar-refractivity contribution < 1.29 is 9.59 Å². The highest BCUT2D eigenvalue weighted by Crippen LogP contribution is 2.08. The lowest BCUT2D eigenvalue weighted by atomic mass is 10.1. The molecule has 1 heterocycles. The van der Waals surface area contributed by atoms with E-state index in [-0.39, 0.29) is 17.7 Å². The van der Waals surface area contributed by atoms with Gasteiger partial charge in [-0.2, -0.15) is 0 Å². The van der Waals surface area contributed by atoms with Gasteiger partial charge in [0.05, 0.1) is 5.92 Å². The molecule has 0 aromatic rings. The predicted molar refractivity (Wildman–Crippen MR) is 57.3 cm³/mol. The molecule has 1 aliphatic rings. The Kier molecular flexibility index (Phi) is 4.08. The Hall–Kier alpha value is -1.10. The second-order valence-electron chi connectivity index (χ2n) is 4.26. The topological polar surface area (TPSA) is 61.4 Å². The summed E-state index contributed by atoms with van der Waals surface area (Å²) >= 11 is 0. The van der Waals surface area contributed by atoms with Gasteiger partial charge in [0.1, 0.15) is 0 Å². The number of hydrogen-bond acceptors (Lipinski definition) is 3. The fourth-order valence-electron chi connectivity index (χ4n) is 1.37. The van der Waals surface area contributed by atoms with Crippen molar-refractivity contribution in [2.45, 2.75) is 19.4 Å². The van der Waals surface area contributed by atoms with E-state index in [4.69, 9.17) is 0 Å². The van der Waals surface area contributed by atoms with Gasteiger partial charge in [-0.1, -0.05) is 0 Å². The highest BCUT2D eigenvalue weighted by Gasteiger charge is 2.27. The van der Waals surface area contributed by atoms with Crippen molar-refractivity contribution in [1.82, 2.24) is 15.5 Å². The lowest BCUT2D eigenvalue weighted by Gasteiger charge is -2.20. The van der Waals surface area contributed by atoms with Crippen molar-refractivity contribution in [1.29, 1.82) is 0 Å². The normalized spacial score (nSPS) is 22.7. The Bertz CT molecular complexity index is 253. The molecule has 1 fully saturated rings. The maximum atomic E-state index is 11.6. The maximum Gasteiger partial charge on any atom is 0.225 e. The lowest BCUT2D eigenvalue weighted by Crippen LogP contribution is -2.41. The van der Waals surface area contributed by atoms with E-state index in [0.29, 0.717) is 25.6 Å². The molecule has 86 valence electrons. The molecule has 2 N–H and O–H groups in total. The first-order chi connectivity index (χ1) is 7.00. The minimum Gasteiger partial charge on any atom is -0.355 e. The van der Waals surface area contributed by atoms with Crippen LogP contribution in [0.5, 0.6) is 0 Å². The van der Waals surface area contributed by atoms with Crippen LogP contribution in [0.2, 0.25) is 0 Å². The van der Waals surface area contributed by atoms with E-state index in [9.17, 15) is 9.59 Å². The number of nitrogens with one attached hydrogen (secondary N) is 2. The van der Waals surface area contributed by atoms with Crippen LogP contribution in [0.25, 0.3) is 0 Å². The molecular weight excluding hydrogens is 194 g/mol. The van der Waals surface area contributed by atoms with Gasteiger partial charge in [0.2, 0.25) is 11.8 Å². The van der Waals surface area contributed by atoms with Gasteiger partial charge >= 0.3 is 0 Å². The molecule has 0 aromatic heterocycles. The lowest BCUT2D eigenvalue weighted by molar-refractivity contribution is -0.126. The molecule has 1 rings (SSSR count). The van der Waals surface area contributed by atoms with E-state index in [1.807, 2.05) is 25.9 Å². The summed E-state index contributed by atoms with van der Waals surface area (Å²) in [5.41, 5.74) is 0. The minimum atomic E-state index is -0.188. The van der Waals surface area contributed by atoms with E-state index < -0.39 is 0 Å². The standard InChI is InChI=1S/C10H19N3O2/c1-7(13(2)3)5-12-10(15)8-4-9(14)11-6-8/h7-8H,4-6H2,1-3H3,(H,11,14)(H,12,15). The third-order valence-electron chi connectivity index (χ3n) is 2.80. The predicted octanol–water partition coefficient (Wildman–Crippen LogP) is -0.811. The molecule has 1 saturated heterocycles. The zero-order chi connectivity index (χ0) is 11.4. The highest BCUT2D eigenvalue weighted by atomic mass is 16.2. The molecule has 1 aliphatic heterocycles. The highest BCUT2D eigenvalue weighted by molar-refractivity contribution is 5.89. The Morgan fingerprint density at radius 3 is 2.80 bits per heavy atom. The summed E-state index contributed by atoms with van der Waals surface area (Å²) < 4.78 is 0. The number of carbonyl (C=O) groups excluding carboxylic acids is 2. The molecule has 0 radical (unpaired) electrons. The van der Waals surface area contributed by atoms with Gasteiger partial charge in [0.25, 0.3) is 0 Å². The van der Waals surface area contributed by atoms with Gasteiger partial charge < -0.3 is 15.5 Å². The van der Waals surface area contributed by atoms with Gasteiger partial charge in [-0.3, -0.25) is 9.59 Å². The van der Waals surface area contributed by atoms with Crippen molar-refractivity contribution in [3.63, 3.8) is 0 Å². The van der Waals surface area contributed by atoms with Gasteiger partial charge in [-0.25, -0.2) is 0 Å². The molecule has 0 spiro atoms. The molecule has 2 atom stereocenters. The van der Waals surface area contributed by atoms with E-state index in [0.717, 1.165) is 0 Å². The van der Waals surface area contributed by atoms with Crippen LogP contribution in [-0.4, -0.2) is 49.9 Å². The second kappa shape index (κ2) is 5.11. The van der Waals surface area contributed by atoms with Crippen molar-refractivity contribution >= 4 is 11.8 Å². The first kappa shape index (κ1) is 12.0. The van der Waals surface area contributed by atoms with Gasteiger partial charge in [0.15, 0.2) is 0 Å². The molecular formula is C10H19N3O2. The minimum absolute atomic E-state index is 0.0259.